The Morgan fingerprint density at radius 1 is 0.902 bits per heavy atom. The maximum Gasteiger partial charge on any atom is 0.264 e. The van der Waals surface area contributed by atoms with Crippen molar-refractivity contribution in [1.82, 2.24) is 10.2 Å². The lowest BCUT2D eigenvalue weighted by Gasteiger charge is -2.33. The summed E-state index contributed by atoms with van der Waals surface area (Å²) >= 11 is 12.8. The number of aryl methyl sites for hydroxylation is 2. The molecule has 1 N–H and O–H groups in total. The van der Waals surface area contributed by atoms with Crippen LogP contribution in [0.5, 0.6) is 0 Å². The third kappa shape index (κ3) is 8.24. The number of hydrogen-bond donors (Lipinski definition) is 1. The van der Waals surface area contributed by atoms with Crippen LogP contribution in [0.15, 0.2) is 71.6 Å². The molecule has 3 rings (SSSR count). The highest BCUT2D eigenvalue weighted by Gasteiger charge is 2.34. The summed E-state index contributed by atoms with van der Waals surface area (Å²) in [5.74, 6) is -0.628. The summed E-state index contributed by atoms with van der Waals surface area (Å²) < 4.78 is 28.9. The highest BCUT2D eigenvalue weighted by Crippen LogP contribution is 2.35. The van der Waals surface area contributed by atoms with Crippen molar-refractivity contribution < 1.29 is 18.0 Å². The summed E-state index contributed by atoms with van der Waals surface area (Å²) in [6.07, 6.45) is 0.337. The molecule has 10 heteroatoms. The molecule has 0 spiro atoms. The van der Waals surface area contributed by atoms with Crippen molar-refractivity contribution >= 4 is 50.7 Å². The molecule has 1 atom stereocenters. The van der Waals surface area contributed by atoms with Crippen LogP contribution in [0.25, 0.3) is 0 Å². The quantitative estimate of drug-likeness (QED) is 0.255. The normalized spacial score (nSPS) is 12.2. The van der Waals surface area contributed by atoms with Gasteiger partial charge in [-0.3, -0.25) is 13.9 Å². The molecule has 7 nitrogen and oxygen atoms in total. The minimum absolute atomic E-state index is 0.00116. The molecule has 0 aliphatic carbocycles. The molecular weight excluding hydrogens is 581 g/mol. The number of rotatable bonds is 12. The van der Waals surface area contributed by atoms with E-state index in [-0.39, 0.29) is 39.0 Å². The fourth-order valence-electron chi connectivity index (χ4n) is 4.27. The Bertz CT molecular complexity index is 1460. The molecule has 0 aromatic heterocycles. The molecule has 2 amide bonds. The summed E-state index contributed by atoms with van der Waals surface area (Å²) in [5, 5.41) is 3.08. The van der Waals surface area contributed by atoms with Gasteiger partial charge in [0.05, 0.1) is 20.6 Å². The van der Waals surface area contributed by atoms with Crippen molar-refractivity contribution in [3.05, 3.63) is 93.5 Å². The second-order valence-corrected chi connectivity index (χ2v) is 13.1. The summed E-state index contributed by atoms with van der Waals surface area (Å²) in [7, 11) is -4.25. The zero-order valence-corrected chi connectivity index (χ0v) is 26.4. The van der Waals surface area contributed by atoms with Crippen LogP contribution in [0.2, 0.25) is 10.0 Å². The van der Waals surface area contributed by atoms with Crippen LogP contribution in [0, 0.1) is 19.8 Å². The summed E-state index contributed by atoms with van der Waals surface area (Å²) in [5.41, 5.74) is 2.82. The van der Waals surface area contributed by atoms with E-state index in [4.69, 9.17) is 23.2 Å². The monoisotopic (exact) mass is 617 g/mol. The molecule has 0 bridgehead atoms. The average Bonchev–Trinajstić information content (AvgIpc) is 2.93. The van der Waals surface area contributed by atoms with Crippen molar-refractivity contribution in [3.8, 4) is 0 Å². The van der Waals surface area contributed by atoms with E-state index in [9.17, 15) is 18.0 Å². The van der Waals surface area contributed by atoms with Gasteiger partial charge in [-0.25, -0.2) is 8.42 Å². The van der Waals surface area contributed by atoms with Gasteiger partial charge >= 0.3 is 0 Å². The Morgan fingerprint density at radius 3 is 2.05 bits per heavy atom. The van der Waals surface area contributed by atoms with Crippen molar-refractivity contribution in [2.24, 2.45) is 5.92 Å². The molecule has 1 unspecified atom stereocenters. The SMILES string of the molecule is CCC(C(=O)NCC(C)C)N(Cc1ccc(C)cc1)C(=O)CN(c1cccc(Cl)c1Cl)S(=O)(=O)c1ccc(C)cc1. The van der Waals surface area contributed by atoms with Crippen LogP contribution in [0.3, 0.4) is 0 Å². The maximum atomic E-state index is 14.1. The number of carbonyl (C=O) groups excluding carboxylic acids is 2. The Labute approximate surface area is 253 Å². The molecule has 0 heterocycles. The third-order valence-corrected chi connectivity index (χ3v) is 9.21. The van der Waals surface area contributed by atoms with Gasteiger partial charge in [0.25, 0.3) is 10.0 Å². The number of carbonyl (C=O) groups is 2. The van der Waals surface area contributed by atoms with Gasteiger partial charge in [-0.1, -0.05) is 97.6 Å². The van der Waals surface area contributed by atoms with Gasteiger partial charge in [-0.15, -0.1) is 0 Å². The summed E-state index contributed by atoms with van der Waals surface area (Å²) in [6.45, 7) is 9.59. The van der Waals surface area contributed by atoms with E-state index < -0.39 is 28.5 Å². The van der Waals surface area contributed by atoms with Crippen LogP contribution in [0.1, 0.15) is 43.9 Å². The maximum absolute atomic E-state index is 14.1. The van der Waals surface area contributed by atoms with Gasteiger partial charge in [-0.2, -0.15) is 0 Å². The van der Waals surface area contributed by atoms with E-state index in [1.165, 1.54) is 23.1 Å². The van der Waals surface area contributed by atoms with E-state index >= 15 is 0 Å². The number of nitrogens with zero attached hydrogens (tertiary/aromatic N) is 2. The Balaban J connectivity index is 2.08. The first-order chi connectivity index (χ1) is 19.3. The lowest BCUT2D eigenvalue weighted by atomic mass is 10.1. The first kappa shape index (κ1) is 32.4. The lowest BCUT2D eigenvalue weighted by molar-refractivity contribution is -0.140. The molecule has 0 aliphatic rings. The van der Waals surface area contributed by atoms with E-state index in [1.54, 1.807) is 24.3 Å². The molecule has 3 aromatic carbocycles. The number of hydrogen-bond acceptors (Lipinski definition) is 4. The second kappa shape index (κ2) is 14.2. The van der Waals surface area contributed by atoms with Crippen molar-refractivity contribution in [2.75, 3.05) is 17.4 Å². The highest BCUT2D eigenvalue weighted by molar-refractivity contribution is 7.92. The third-order valence-electron chi connectivity index (χ3n) is 6.63. The molecule has 0 saturated carbocycles. The number of nitrogens with one attached hydrogen (secondary N) is 1. The highest BCUT2D eigenvalue weighted by atomic mass is 35.5. The smallest absolute Gasteiger partial charge is 0.264 e. The molecule has 0 fully saturated rings. The lowest BCUT2D eigenvalue weighted by Crippen LogP contribution is -2.52. The topological polar surface area (TPSA) is 86.8 Å². The largest absolute Gasteiger partial charge is 0.354 e. The van der Waals surface area contributed by atoms with Crippen LogP contribution in [-0.4, -0.2) is 44.3 Å². The number of anilines is 1. The van der Waals surface area contributed by atoms with Gasteiger partial charge in [-0.05, 0) is 56.0 Å². The molecule has 0 radical (unpaired) electrons. The zero-order chi connectivity index (χ0) is 30.3. The average molecular weight is 619 g/mol. The van der Waals surface area contributed by atoms with Crippen molar-refractivity contribution in [1.29, 1.82) is 0 Å². The molecule has 220 valence electrons. The van der Waals surface area contributed by atoms with Gasteiger partial charge in [0.1, 0.15) is 12.6 Å². The Hall–Kier alpha value is -3.07. The zero-order valence-electron chi connectivity index (χ0n) is 24.0. The molecule has 41 heavy (non-hydrogen) atoms. The van der Waals surface area contributed by atoms with Crippen LogP contribution in [0.4, 0.5) is 5.69 Å². The predicted molar refractivity (Wildman–Crippen MR) is 166 cm³/mol. The first-order valence-corrected chi connectivity index (χ1v) is 15.7. The van der Waals surface area contributed by atoms with E-state index in [0.717, 1.165) is 21.0 Å². The predicted octanol–water partition coefficient (Wildman–Crippen LogP) is 6.39. The number of sulfonamides is 1. The summed E-state index contributed by atoms with van der Waals surface area (Å²) in [6, 6.07) is 17.8. The molecular formula is C31H37Cl2N3O4S. The molecule has 0 saturated heterocycles. The Morgan fingerprint density at radius 2 is 1.49 bits per heavy atom. The van der Waals surface area contributed by atoms with E-state index in [1.807, 2.05) is 58.9 Å². The van der Waals surface area contributed by atoms with E-state index in [0.29, 0.717) is 13.0 Å². The standard InChI is InChI=1S/C31H37Cl2N3O4S/c1-6-27(31(38)34-18-21(2)3)35(19-24-14-10-22(4)11-15-24)29(37)20-36(28-9-7-8-26(32)30(28)33)41(39,40)25-16-12-23(5)13-17-25/h7-17,21,27H,6,18-20H2,1-5H3,(H,34,38). The fraction of sp³-hybridized carbons (Fsp3) is 0.355. The van der Waals surface area contributed by atoms with Crippen molar-refractivity contribution in [2.45, 2.75) is 58.5 Å². The second-order valence-electron chi connectivity index (χ2n) is 10.5. The van der Waals surface area contributed by atoms with Gasteiger partial charge in [0, 0.05) is 13.1 Å². The van der Waals surface area contributed by atoms with E-state index in [2.05, 4.69) is 5.32 Å². The van der Waals surface area contributed by atoms with Gasteiger partial charge in [0.2, 0.25) is 11.8 Å². The summed E-state index contributed by atoms with van der Waals surface area (Å²) in [4.78, 5) is 28.9. The van der Waals surface area contributed by atoms with Gasteiger partial charge in [0.15, 0.2) is 0 Å². The number of benzene rings is 3. The Kier molecular flexibility index (Phi) is 11.2. The van der Waals surface area contributed by atoms with Crippen molar-refractivity contribution in [3.63, 3.8) is 0 Å². The van der Waals surface area contributed by atoms with Gasteiger partial charge < -0.3 is 10.2 Å². The van der Waals surface area contributed by atoms with Crippen LogP contribution in [-0.2, 0) is 26.2 Å². The number of halogens is 2. The van der Waals surface area contributed by atoms with Crippen LogP contribution >= 0.6 is 23.2 Å². The molecule has 0 aliphatic heterocycles. The molecule has 3 aromatic rings. The first-order valence-electron chi connectivity index (χ1n) is 13.5. The van der Waals surface area contributed by atoms with Crippen LogP contribution < -0.4 is 9.62 Å². The number of amides is 2. The minimum atomic E-state index is -4.25. The fourth-order valence-corrected chi connectivity index (χ4v) is 6.14. The minimum Gasteiger partial charge on any atom is -0.354 e.